The van der Waals surface area contributed by atoms with E-state index in [1.807, 2.05) is 30.6 Å². The monoisotopic (exact) mass is 490 g/mol. The van der Waals surface area contributed by atoms with Crippen LogP contribution in [0.4, 0.5) is 18.9 Å². The number of amides is 2. The molecular formula is C26H33F3N4O2. The highest BCUT2D eigenvalue weighted by Crippen LogP contribution is 2.46. The van der Waals surface area contributed by atoms with Crippen LogP contribution in [0, 0.1) is 22.2 Å². The molecule has 2 amide bonds. The first-order chi connectivity index (χ1) is 16.3. The molecule has 0 aliphatic carbocycles. The largest absolute Gasteiger partial charge is 0.417 e. The Bertz CT molecular complexity index is 1030. The number of carbonyl (C=O) groups excluding carboxylic acids is 2. The SMILES string of the molecule is CC(C)(C)C(=O)N1CC2(CCN(c3ccc(C#N)c(C(F)(F)F)c3)CC2)CC1C(=O)N1CCCC1. The third-order valence-corrected chi connectivity index (χ3v) is 7.73. The second-order valence-electron chi connectivity index (χ2n) is 11.3. The van der Waals surface area contributed by atoms with Crippen molar-refractivity contribution in [3.05, 3.63) is 29.3 Å². The van der Waals surface area contributed by atoms with Gasteiger partial charge in [0, 0.05) is 43.8 Å². The first kappa shape index (κ1) is 25.3. The molecule has 0 radical (unpaired) electrons. The highest BCUT2D eigenvalue weighted by Gasteiger charge is 2.52. The van der Waals surface area contributed by atoms with Crippen molar-refractivity contribution in [3.8, 4) is 6.07 Å². The van der Waals surface area contributed by atoms with Gasteiger partial charge < -0.3 is 14.7 Å². The van der Waals surface area contributed by atoms with Crippen LogP contribution in [0.25, 0.3) is 0 Å². The molecular weight excluding hydrogens is 457 g/mol. The van der Waals surface area contributed by atoms with Gasteiger partial charge in [-0.3, -0.25) is 9.59 Å². The summed E-state index contributed by atoms with van der Waals surface area (Å²) in [7, 11) is 0. The minimum Gasteiger partial charge on any atom is -0.371 e. The number of likely N-dealkylation sites (tertiary alicyclic amines) is 2. The third-order valence-electron chi connectivity index (χ3n) is 7.73. The Hall–Kier alpha value is -2.76. The van der Waals surface area contributed by atoms with Crippen LogP contribution in [0.2, 0.25) is 0 Å². The van der Waals surface area contributed by atoms with Gasteiger partial charge in [-0.25, -0.2) is 0 Å². The number of anilines is 1. The molecule has 6 nitrogen and oxygen atoms in total. The number of piperidine rings is 1. The smallest absolute Gasteiger partial charge is 0.371 e. The van der Waals surface area contributed by atoms with Crippen LogP contribution in [-0.2, 0) is 15.8 Å². The fourth-order valence-corrected chi connectivity index (χ4v) is 5.73. The standard InChI is InChI=1S/C26H33F3N4O2/c1-24(2,3)23(35)33-17-25(15-21(33)22(34)32-10-4-5-11-32)8-12-31(13-9-25)19-7-6-18(16-30)20(14-19)26(27,28)29/h6-7,14,21H,4-5,8-13,15,17H2,1-3H3. The van der Waals surface area contributed by atoms with Crippen molar-refractivity contribution in [3.63, 3.8) is 0 Å². The number of nitriles is 1. The molecule has 190 valence electrons. The molecule has 0 saturated carbocycles. The van der Waals surface area contributed by atoms with Gasteiger partial charge >= 0.3 is 6.18 Å². The van der Waals surface area contributed by atoms with Gasteiger partial charge in [-0.2, -0.15) is 18.4 Å². The van der Waals surface area contributed by atoms with Crippen molar-refractivity contribution in [1.29, 1.82) is 5.26 Å². The lowest BCUT2D eigenvalue weighted by molar-refractivity contribution is -0.148. The van der Waals surface area contributed by atoms with E-state index in [1.165, 1.54) is 6.07 Å². The molecule has 3 fully saturated rings. The fraction of sp³-hybridized carbons (Fsp3) is 0.654. The lowest BCUT2D eigenvalue weighted by Gasteiger charge is -2.40. The molecule has 1 aromatic rings. The second kappa shape index (κ2) is 9.03. The first-order valence-electron chi connectivity index (χ1n) is 12.3. The Morgan fingerprint density at radius 1 is 1.06 bits per heavy atom. The highest BCUT2D eigenvalue weighted by molar-refractivity contribution is 5.90. The Balaban J connectivity index is 1.53. The molecule has 3 aliphatic heterocycles. The summed E-state index contributed by atoms with van der Waals surface area (Å²) >= 11 is 0. The summed E-state index contributed by atoms with van der Waals surface area (Å²) in [6.45, 7) is 8.62. The van der Waals surface area contributed by atoms with E-state index in [4.69, 9.17) is 5.26 Å². The lowest BCUT2D eigenvalue weighted by atomic mass is 9.76. The predicted molar refractivity (Wildman–Crippen MR) is 125 cm³/mol. The van der Waals surface area contributed by atoms with Crippen LogP contribution in [-0.4, -0.2) is 60.4 Å². The van der Waals surface area contributed by atoms with Crippen molar-refractivity contribution >= 4 is 17.5 Å². The molecule has 1 unspecified atom stereocenters. The quantitative estimate of drug-likeness (QED) is 0.615. The van der Waals surface area contributed by atoms with Crippen molar-refractivity contribution in [1.82, 2.24) is 9.80 Å². The molecule has 1 aromatic carbocycles. The van der Waals surface area contributed by atoms with Gasteiger partial charge in [0.15, 0.2) is 0 Å². The van der Waals surface area contributed by atoms with Gasteiger partial charge in [-0.1, -0.05) is 20.8 Å². The first-order valence-corrected chi connectivity index (χ1v) is 12.3. The van der Waals surface area contributed by atoms with Crippen molar-refractivity contribution in [2.75, 3.05) is 37.6 Å². The second-order valence-corrected chi connectivity index (χ2v) is 11.3. The van der Waals surface area contributed by atoms with Gasteiger partial charge in [0.2, 0.25) is 11.8 Å². The molecule has 1 spiro atoms. The summed E-state index contributed by atoms with van der Waals surface area (Å²) < 4.78 is 40.3. The van der Waals surface area contributed by atoms with E-state index in [1.54, 1.807) is 17.0 Å². The average molecular weight is 491 g/mol. The van der Waals surface area contributed by atoms with Crippen LogP contribution in [0.1, 0.15) is 64.0 Å². The number of nitrogens with zero attached hydrogens (tertiary/aromatic N) is 4. The summed E-state index contributed by atoms with van der Waals surface area (Å²) in [6, 6.07) is 5.00. The zero-order chi connectivity index (χ0) is 25.6. The number of rotatable bonds is 2. The fourth-order valence-electron chi connectivity index (χ4n) is 5.73. The molecule has 1 atom stereocenters. The zero-order valence-corrected chi connectivity index (χ0v) is 20.6. The third kappa shape index (κ3) is 4.98. The Morgan fingerprint density at radius 2 is 1.69 bits per heavy atom. The maximum atomic E-state index is 13.4. The molecule has 3 heterocycles. The minimum atomic E-state index is -4.60. The average Bonchev–Trinajstić information content (AvgIpc) is 3.46. The van der Waals surface area contributed by atoms with Gasteiger partial charge in [0.1, 0.15) is 6.04 Å². The molecule has 3 aliphatic rings. The zero-order valence-electron chi connectivity index (χ0n) is 20.6. The number of hydrogen-bond acceptors (Lipinski definition) is 4. The van der Waals surface area contributed by atoms with E-state index in [9.17, 15) is 22.8 Å². The van der Waals surface area contributed by atoms with E-state index >= 15 is 0 Å². The van der Waals surface area contributed by atoms with Gasteiger partial charge in [0.25, 0.3) is 0 Å². The maximum Gasteiger partial charge on any atom is 0.417 e. The summed E-state index contributed by atoms with van der Waals surface area (Å²) in [4.78, 5) is 32.3. The van der Waals surface area contributed by atoms with E-state index in [2.05, 4.69) is 0 Å². The summed E-state index contributed by atoms with van der Waals surface area (Å²) in [5.74, 6) is -0.00224. The Kier molecular flexibility index (Phi) is 6.54. The predicted octanol–water partition coefficient (Wildman–Crippen LogP) is 4.43. The molecule has 4 rings (SSSR count). The number of halogens is 3. The maximum absolute atomic E-state index is 13.4. The van der Waals surface area contributed by atoms with Crippen molar-refractivity contribution < 1.29 is 22.8 Å². The van der Waals surface area contributed by atoms with Crippen LogP contribution in [0.5, 0.6) is 0 Å². The normalized spacial score (nSPS) is 22.5. The number of hydrogen-bond donors (Lipinski definition) is 0. The van der Waals surface area contributed by atoms with E-state index in [0.717, 1.165) is 32.0 Å². The topological polar surface area (TPSA) is 67.6 Å². The molecule has 0 aromatic heterocycles. The number of carbonyl (C=O) groups is 2. The van der Waals surface area contributed by atoms with E-state index < -0.39 is 23.2 Å². The van der Waals surface area contributed by atoms with Gasteiger partial charge in [0.05, 0.1) is 17.2 Å². The number of alkyl halides is 3. The highest BCUT2D eigenvalue weighted by atomic mass is 19.4. The molecule has 0 N–H and O–H groups in total. The van der Waals surface area contributed by atoms with Crippen molar-refractivity contribution in [2.24, 2.45) is 10.8 Å². The minimum absolute atomic E-state index is 0.0290. The summed E-state index contributed by atoms with van der Waals surface area (Å²) in [5.41, 5.74) is -1.69. The van der Waals surface area contributed by atoms with Gasteiger partial charge in [-0.05, 0) is 55.7 Å². The molecule has 3 saturated heterocycles. The Labute approximate surface area is 204 Å². The van der Waals surface area contributed by atoms with Crippen LogP contribution < -0.4 is 4.90 Å². The Morgan fingerprint density at radius 3 is 2.23 bits per heavy atom. The van der Waals surface area contributed by atoms with E-state index in [0.29, 0.717) is 44.6 Å². The number of benzene rings is 1. The molecule has 9 heteroatoms. The van der Waals surface area contributed by atoms with Gasteiger partial charge in [-0.15, -0.1) is 0 Å². The van der Waals surface area contributed by atoms with Crippen LogP contribution >= 0.6 is 0 Å². The summed E-state index contributed by atoms with van der Waals surface area (Å²) in [5, 5.41) is 9.07. The molecule has 35 heavy (non-hydrogen) atoms. The van der Waals surface area contributed by atoms with E-state index in [-0.39, 0.29) is 22.8 Å². The van der Waals surface area contributed by atoms with Crippen LogP contribution in [0.3, 0.4) is 0 Å². The van der Waals surface area contributed by atoms with Crippen LogP contribution in [0.15, 0.2) is 18.2 Å². The van der Waals surface area contributed by atoms with Crippen molar-refractivity contribution in [2.45, 2.75) is 65.1 Å². The lowest BCUT2D eigenvalue weighted by Crippen LogP contribution is -2.50. The summed E-state index contributed by atoms with van der Waals surface area (Å²) in [6.07, 6.45) is -0.662. The molecule has 0 bridgehead atoms.